The molecule has 124 valence electrons. The standard InChI is InChI=1S/C18H16O4S2/c1-12-3-6-15(7-4-12)24(20,21)11-13-5-8-16-14(9-13)10-17(23-16)18(19)22-2/h3-10H,11H2,1-2H3. The average Bonchev–Trinajstić information content (AvgIpc) is 2.97. The van der Waals surface area contributed by atoms with Crippen LogP contribution in [0.4, 0.5) is 0 Å². The van der Waals surface area contributed by atoms with E-state index < -0.39 is 9.84 Å². The Morgan fingerprint density at radius 1 is 1.08 bits per heavy atom. The molecule has 1 aromatic heterocycles. The molecule has 2 aromatic carbocycles. The number of rotatable bonds is 4. The molecule has 0 spiro atoms. The van der Waals surface area contributed by atoms with Crippen molar-refractivity contribution in [1.29, 1.82) is 0 Å². The second-order valence-corrected chi connectivity index (χ2v) is 8.62. The van der Waals surface area contributed by atoms with Crippen LogP contribution in [0, 0.1) is 6.92 Å². The van der Waals surface area contributed by atoms with E-state index in [4.69, 9.17) is 4.74 Å². The van der Waals surface area contributed by atoms with Crippen LogP contribution in [0.25, 0.3) is 10.1 Å². The number of carbonyl (C=O) groups is 1. The van der Waals surface area contributed by atoms with Gasteiger partial charge in [0.25, 0.3) is 0 Å². The molecule has 0 bridgehead atoms. The van der Waals surface area contributed by atoms with Gasteiger partial charge in [-0.3, -0.25) is 0 Å². The van der Waals surface area contributed by atoms with E-state index in [-0.39, 0.29) is 11.7 Å². The third-order valence-electron chi connectivity index (χ3n) is 3.70. The number of aryl methyl sites for hydroxylation is 1. The largest absolute Gasteiger partial charge is 0.465 e. The molecule has 0 aliphatic carbocycles. The average molecular weight is 360 g/mol. The van der Waals surface area contributed by atoms with E-state index >= 15 is 0 Å². The minimum Gasteiger partial charge on any atom is -0.465 e. The zero-order valence-electron chi connectivity index (χ0n) is 13.3. The van der Waals surface area contributed by atoms with Crippen molar-refractivity contribution >= 4 is 37.2 Å². The van der Waals surface area contributed by atoms with Gasteiger partial charge in [0.15, 0.2) is 9.84 Å². The third kappa shape index (κ3) is 3.34. The Kier molecular flexibility index (Phi) is 4.43. The van der Waals surface area contributed by atoms with Crippen LogP contribution >= 0.6 is 11.3 Å². The summed E-state index contributed by atoms with van der Waals surface area (Å²) in [6, 6.07) is 14.0. The van der Waals surface area contributed by atoms with E-state index in [0.717, 1.165) is 15.6 Å². The van der Waals surface area contributed by atoms with E-state index in [1.54, 1.807) is 36.4 Å². The van der Waals surface area contributed by atoms with E-state index in [9.17, 15) is 13.2 Å². The molecule has 0 radical (unpaired) electrons. The van der Waals surface area contributed by atoms with Crippen molar-refractivity contribution in [2.45, 2.75) is 17.6 Å². The van der Waals surface area contributed by atoms with E-state index in [2.05, 4.69) is 0 Å². The molecule has 0 aliphatic heterocycles. The van der Waals surface area contributed by atoms with Crippen LogP contribution in [0.1, 0.15) is 20.8 Å². The number of thiophene rings is 1. The molecule has 0 saturated carbocycles. The van der Waals surface area contributed by atoms with Gasteiger partial charge in [-0.2, -0.15) is 0 Å². The molecular formula is C18H16O4S2. The summed E-state index contributed by atoms with van der Waals surface area (Å²) in [5, 5.41) is 0.844. The molecule has 4 nitrogen and oxygen atoms in total. The van der Waals surface area contributed by atoms with Gasteiger partial charge in [-0.25, -0.2) is 13.2 Å². The van der Waals surface area contributed by atoms with Gasteiger partial charge >= 0.3 is 5.97 Å². The minimum absolute atomic E-state index is 0.0740. The fraction of sp³-hybridized carbons (Fsp3) is 0.167. The summed E-state index contributed by atoms with van der Waals surface area (Å²) in [4.78, 5) is 12.4. The number of methoxy groups -OCH3 is 1. The maximum Gasteiger partial charge on any atom is 0.348 e. The first-order valence-electron chi connectivity index (χ1n) is 7.29. The van der Waals surface area contributed by atoms with Crippen molar-refractivity contribution in [2.75, 3.05) is 7.11 Å². The molecule has 0 saturated heterocycles. The summed E-state index contributed by atoms with van der Waals surface area (Å²) in [7, 11) is -2.06. The van der Waals surface area contributed by atoms with Crippen LogP contribution in [-0.4, -0.2) is 21.5 Å². The molecule has 1 heterocycles. The van der Waals surface area contributed by atoms with E-state index in [1.165, 1.54) is 18.4 Å². The highest BCUT2D eigenvalue weighted by atomic mass is 32.2. The maximum atomic E-state index is 12.5. The number of esters is 1. The molecule has 0 amide bonds. The van der Waals surface area contributed by atoms with Crippen LogP contribution in [-0.2, 0) is 20.3 Å². The quantitative estimate of drug-likeness (QED) is 0.661. The highest BCUT2D eigenvalue weighted by Gasteiger charge is 2.16. The molecule has 3 aromatic rings. The van der Waals surface area contributed by atoms with Gasteiger partial charge in [-0.15, -0.1) is 11.3 Å². The number of ether oxygens (including phenoxy) is 1. The Bertz CT molecular complexity index is 999. The summed E-state index contributed by atoms with van der Waals surface area (Å²) in [6.07, 6.45) is 0. The van der Waals surface area contributed by atoms with Gasteiger partial charge in [0, 0.05) is 4.70 Å². The Labute approximate surface area is 144 Å². The second kappa shape index (κ2) is 6.37. The monoisotopic (exact) mass is 360 g/mol. The number of sulfone groups is 1. The number of hydrogen-bond donors (Lipinski definition) is 0. The lowest BCUT2D eigenvalue weighted by Crippen LogP contribution is -2.04. The van der Waals surface area contributed by atoms with Crippen LogP contribution in [0.5, 0.6) is 0 Å². The number of benzene rings is 2. The highest BCUT2D eigenvalue weighted by Crippen LogP contribution is 2.28. The van der Waals surface area contributed by atoms with Gasteiger partial charge < -0.3 is 4.74 Å². The van der Waals surface area contributed by atoms with Crippen molar-refractivity contribution in [2.24, 2.45) is 0 Å². The molecule has 0 aliphatic rings. The summed E-state index contributed by atoms with van der Waals surface area (Å²) in [5.74, 6) is -0.458. The van der Waals surface area contributed by atoms with Crippen LogP contribution in [0.2, 0.25) is 0 Å². The Morgan fingerprint density at radius 3 is 2.46 bits per heavy atom. The van der Waals surface area contributed by atoms with Crippen molar-refractivity contribution < 1.29 is 17.9 Å². The van der Waals surface area contributed by atoms with Crippen molar-refractivity contribution in [3.63, 3.8) is 0 Å². The molecule has 0 N–H and O–H groups in total. The summed E-state index contributed by atoms with van der Waals surface area (Å²) < 4.78 is 30.7. The fourth-order valence-corrected chi connectivity index (χ4v) is 4.73. The van der Waals surface area contributed by atoms with Gasteiger partial charge in [-0.05, 0) is 48.2 Å². The van der Waals surface area contributed by atoms with Crippen molar-refractivity contribution in [3.05, 3.63) is 64.5 Å². The van der Waals surface area contributed by atoms with Crippen molar-refractivity contribution in [1.82, 2.24) is 0 Å². The minimum atomic E-state index is -3.40. The Balaban J connectivity index is 1.92. The van der Waals surface area contributed by atoms with E-state index in [1.807, 2.05) is 19.1 Å². The maximum absolute atomic E-state index is 12.5. The zero-order valence-corrected chi connectivity index (χ0v) is 14.9. The summed E-state index contributed by atoms with van der Waals surface area (Å²) in [5.41, 5.74) is 1.71. The molecule has 24 heavy (non-hydrogen) atoms. The van der Waals surface area contributed by atoms with Crippen LogP contribution in [0.15, 0.2) is 53.4 Å². The number of hydrogen-bond acceptors (Lipinski definition) is 5. The SMILES string of the molecule is COC(=O)c1cc2cc(CS(=O)(=O)c3ccc(C)cc3)ccc2s1. The molecule has 0 unspecified atom stereocenters. The lowest BCUT2D eigenvalue weighted by atomic mass is 10.2. The first-order chi connectivity index (χ1) is 11.4. The Morgan fingerprint density at radius 2 is 1.79 bits per heavy atom. The normalized spacial score (nSPS) is 11.6. The molecular weight excluding hydrogens is 344 g/mol. The first-order valence-corrected chi connectivity index (χ1v) is 9.76. The topological polar surface area (TPSA) is 60.4 Å². The molecule has 0 fully saturated rings. The van der Waals surface area contributed by atoms with Gasteiger partial charge in [0.1, 0.15) is 4.88 Å². The van der Waals surface area contributed by atoms with Gasteiger partial charge in [0.05, 0.1) is 17.8 Å². The predicted molar refractivity (Wildman–Crippen MR) is 95.2 cm³/mol. The van der Waals surface area contributed by atoms with Crippen LogP contribution in [0.3, 0.4) is 0 Å². The molecule has 0 atom stereocenters. The van der Waals surface area contributed by atoms with Gasteiger partial charge in [-0.1, -0.05) is 23.8 Å². The lowest BCUT2D eigenvalue weighted by molar-refractivity contribution is 0.0606. The second-order valence-electron chi connectivity index (χ2n) is 5.55. The third-order valence-corrected chi connectivity index (χ3v) is 6.50. The summed E-state index contributed by atoms with van der Waals surface area (Å²) >= 11 is 1.33. The van der Waals surface area contributed by atoms with E-state index in [0.29, 0.717) is 15.3 Å². The lowest BCUT2D eigenvalue weighted by Gasteiger charge is -2.05. The molecule has 6 heteroatoms. The fourth-order valence-electron chi connectivity index (χ4n) is 2.43. The van der Waals surface area contributed by atoms with Gasteiger partial charge in [0.2, 0.25) is 0 Å². The number of carbonyl (C=O) groups excluding carboxylic acids is 1. The Hall–Kier alpha value is -2.18. The van der Waals surface area contributed by atoms with Crippen LogP contribution < -0.4 is 0 Å². The number of fused-ring (bicyclic) bond motifs is 1. The molecule has 3 rings (SSSR count). The summed E-state index contributed by atoms with van der Waals surface area (Å²) in [6.45, 7) is 1.92. The predicted octanol–water partition coefficient (Wildman–Crippen LogP) is 3.97. The zero-order chi connectivity index (χ0) is 17.3. The highest BCUT2D eigenvalue weighted by molar-refractivity contribution is 7.90. The van der Waals surface area contributed by atoms with Crippen molar-refractivity contribution in [3.8, 4) is 0 Å². The first kappa shape index (κ1) is 16.7. The smallest absolute Gasteiger partial charge is 0.348 e.